The molecule has 0 aliphatic heterocycles. The smallest absolute Gasteiger partial charge is 0.326 e. The molecule has 4 unspecified atom stereocenters. The molecular weight excluding hydrogens is 348 g/mol. The Labute approximate surface area is 150 Å². The van der Waals surface area contributed by atoms with Crippen molar-refractivity contribution in [2.75, 3.05) is 6.54 Å². The van der Waals surface area contributed by atoms with Gasteiger partial charge in [-0.3, -0.25) is 19.2 Å². The maximum atomic E-state index is 12.2. The highest BCUT2D eigenvalue weighted by molar-refractivity contribution is 5.93. The molecule has 0 bridgehead atoms. The summed E-state index contributed by atoms with van der Waals surface area (Å²) in [7, 11) is 0. The number of aliphatic carboxylic acids is 2. The van der Waals surface area contributed by atoms with Gasteiger partial charge in [0.2, 0.25) is 17.7 Å². The van der Waals surface area contributed by atoms with Crippen molar-refractivity contribution < 1.29 is 34.2 Å². The zero-order valence-electron chi connectivity index (χ0n) is 14.9. The van der Waals surface area contributed by atoms with Crippen molar-refractivity contribution in [3.05, 3.63) is 0 Å². The average molecular weight is 374 g/mol. The van der Waals surface area contributed by atoms with E-state index in [2.05, 4.69) is 10.6 Å². The van der Waals surface area contributed by atoms with E-state index in [-0.39, 0.29) is 5.92 Å². The van der Waals surface area contributed by atoms with Gasteiger partial charge in [0, 0.05) is 0 Å². The number of nitrogens with one attached hydrogen (secondary N) is 3. The number of rotatable bonds is 11. The van der Waals surface area contributed by atoms with Crippen molar-refractivity contribution in [2.45, 2.75) is 51.7 Å². The lowest BCUT2D eigenvalue weighted by molar-refractivity contribution is -0.147. The summed E-state index contributed by atoms with van der Waals surface area (Å²) in [6, 6.07) is -3.34. The molecule has 0 radical (unpaired) electrons. The number of carbonyl (C=O) groups is 5. The van der Waals surface area contributed by atoms with Crippen molar-refractivity contribution >= 4 is 29.7 Å². The minimum absolute atomic E-state index is 0.237. The van der Waals surface area contributed by atoms with Crippen LogP contribution in [-0.4, -0.2) is 64.5 Å². The molecule has 4 atom stereocenters. The van der Waals surface area contributed by atoms with Gasteiger partial charge in [0.1, 0.15) is 12.1 Å². The Morgan fingerprint density at radius 3 is 2.00 bits per heavy atom. The standard InChI is InChI=1S/C15H26N4O7/c1-4-7(2)12(19-13(23)8(3)16)14(24)17-6-10(20)18-9(15(25)26)5-11(21)22/h7-9,12H,4-6,16H2,1-3H3,(H,17,24)(H,18,20)(H,19,23)(H,21,22)(H,25,26). The molecule has 26 heavy (non-hydrogen) atoms. The Bertz CT molecular complexity index is 550. The molecule has 0 aromatic rings. The van der Waals surface area contributed by atoms with Crippen LogP contribution < -0.4 is 21.7 Å². The number of carboxylic acid groups (broad SMARTS) is 2. The van der Waals surface area contributed by atoms with Crippen LogP contribution in [-0.2, 0) is 24.0 Å². The highest BCUT2D eigenvalue weighted by atomic mass is 16.4. The number of carboxylic acids is 2. The van der Waals surface area contributed by atoms with E-state index in [1.165, 1.54) is 6.92 Å². The fourth-order valence-electron chi connectivity index (χ4n) is 1.88. The quantitative estimate of drug-likeness (QED) is 0.240. The molecule has 0 heterocycles. The second-order valence-corrected chi connectivity index (χ2v) is 5.93. The highest BCUT2D eigenvalue weighted by Gasteiger charge is 2.28. The first-order valence-corrected chi connectivity index (χ1v) is 8.07. The normalized spacial score (nSPS) is 15.1. The summed E-state index contributed by atoms with van der Waals surface area (Å²) in [6.07, 6.45) is -0.224. The molecule has 148 valence electrons. The van der Waals surface area contributed by atoms with Gasteiger partial charge in [-0.2, -0.15) is 0 Å². The van der Waals surface area contributed by atoms with Gasteiger partial charge in [0.25, 0.3) is 0 Å². The van der Waals surface area contributed by atoms with Crippen molar-refractivity contribution in [1.82, 2.24) is 16.0 Å². The molecule has 0 aliphatic rings. The third-order valence-corrected chi connectivity index (χ3v) is 3.64. The van der Waals surface area contributed by atoms with Crippen molar-refractivity contribution in [2.24, 2.45) is 11.7 Å². The third kappa shape index (κ3) is 8.42. The summed E-state index contributed by atoms with van der Waals surface area (Å²) in [5.74, 6) is -5.16. The van der Waals surface area contributed by atoms with Crippen LogP contribution in [0.4, 0.5) is 0 Å². The lowest BCUT2D eigenvalue weighted by atomic mass is 9.98. The van der Waals surface area contributed by atoms with Crippen LogP contribution in [0.15, 0.2) is 0 Å². The first-order valence-electron chi connectivity index (χ1n) is 8.07. The summed E-state index contributed by atoms with van der Waals surface area (Å²) < 4.78 is 0. The van der Waals surface area contributed by atoms with Crippen LogP contribution in [0.2, 0.25) is 0 Å². The number of carbonyl (C=O) groups excluding carboxylic acids is 3. The monoisotopic (exact) mass is 374 g/mol. The Kier molecular flexibility index (Phi) is 9.89. The first-order chi connectivity index (χ1) is 12.0. The molecule has 11 nitrogen and oxygen atoms in total. The average Bonchev–Trinajstić information content (AvgIpc) is 2.55. The molecule has 7 N–H and O–H groups in total. The maximum absolute atomic E-state index is 12.2. The van der Waals surface area contributed by atoms with E-state index in [1.54, 1.807) is 6.92 Å². The molecule has 0 rings (SSSR count). The number of hydrogen-bond donors (Lipinski definition) is 6. The molecule has 0 fully saturated rings. The van der Waals surface area contributed by atoms with Crippen LogP contribution in [0.3, 0.4) is 0 Å². The van der Waals surface area contributed by atoms with Crippen LogP contribution in [0.25, 0.3) is 0 Å². The predicted molar refractivity (Wildman–Crippen MR) is 89.9 cm³/mol. The van der Waals surface area contributed by atoms with E-state index in [1.807, 2.05) is 12.2 Å². The molecule has 0 saturated carbocycles. The first kappa shape index (κ1) is 23.3. The summed E-state index contributed by atoms with van der Waals surface area (Å²) in [6.45, 7) is 4.45. The topological polar surface area (TPSA) is 188 Å². The molecule has 0 aliphatic carbocycles. The summed E-state index contributed by atoms with van der Waals surface area (Å²) in [5.41, 5.74) is 5.46. The van der Waals surface area contributed by atoms with Crippen LogP contribution >= 0.6 is 0 Å². The van der Waals surface area contributed by atoms with Gasteiger partial charge in [-0.25, -0.2) is 4.79 Å². The second kappa shape index (κ2) is 11.0. The lowest BCUT2D eigenvalue weighted by Gasteiger charge is -2.24. The van der Waals surface area contributed by atoms with Gasteiger partial charge in [0.05, 0.1) is 19.0 Å². The third-order valence-electron chi connectivity index (χ3n) is 3.64. The minimum atomic E-state index is -1.61. The molecule has 0 spiro atoms. The summed E-state index contributed by atoms with van der Waals surface area (Å²) in [5, 5.41) is 24.3. The molecular formula is C15H26N4O7. The van der Waals surface area contributed by atoms with Gasteiger partial charge in [-0.05, 0) is 12.8 Å². The Morgan fingerprint density at radius 1 is 1.00 bits per heavy atom. The summed E-state index contributed by atoms with van der Waals surface area (Å²) in [4.78, 5) is 57.2. The zero-order valence-corrected chi connectivity index (χ0v) is 14.9. The van der Waals surface area contributed by atoms with Crippen LogP contribution in [0, 0.1) is 5.92 Å². The Hall–Kier alpha value is -2.69. The molecule has 0 aromatic heterocycles. The Morgan fingerprint density at radius 2 is 1.58 bits per heavy atom. The molecule has 11 heteroatoms. The largest absolute Gasteiger partial charge is 0.481 e. The second-order valence-electron chi connectivity index (χ2n) is 5.93. The fraction of sp³-hybridized carbons (Fsp3) is 0.667. The van der Waals surface area contributed by atoms with Gasteiger partial charge in [-0.15, -0.1) is 0 Å². The van der Waals surface area contributed by atoms with Crippen molar-refractivity contribution in [1.29, 1.82) is 0 Å². The van der Waals surface area contributed by atoms with Gasteiger partial charge >= 0.3 is 11.9 Å². The summed E-state index contributed by atoms with van der Waals surface area (Å²) >= 11 is 0. The fourth-order valence-corrected chi connectivity index (χ4v) is 1.88. The number of amides is 3. The van der Waals surface area contributed by atoms with E-state index in [0.717, 1.165) is 0 Å². The molecule has 0 aromatic carbocycles. The van der Waals surface area contributed by atoms with E-state index >= 15 is 0 Å². The maximum Gasteiger partial charge on any atom is 0.326 e. The van der Waals surface area contributed by atoms with Gasteiger partial charge in [0.15, 0.2) is 0 Å². The number of nitrogens with two attached hydrogens (primary N) is 1. The van der Waals surface area contributed by atoms with E-state index in [0.29, 0.717) is 6.42 Å². The SMILES string of the molecule is CCC(C)C(NC(=O)C(C)N)C(=O)NCC(=O)NC(CC(=O)O)C(=O)O. The van der Waals surface area contributed by atoms with Crippen LogP contribution in [0.5, 0.6) is 0 Å². The van der Waals surface area contributed by atoms with Crippen LogP contribution in [0.1, 0.15) is 33.6 Å². The van der Waals surface area contributed by atoms with Gasteiger partial charge < -0.3 is 31.9 Å². The highest BCUT2D eigenvalue weighted by Crippen LogP contribution is 2.08. The zero-order chi connectivity index (χ0) is 20.4. The number of hydrogen-bond acceptors (Lipinski definition) is 6. The van der Waals surface area contributed by atoms with Crippen molar-refractivity contribution in [3.8, 4) is 0 Å². The Balaban J connectivity index is 4.78. The lowest BCUT2D eigenvalue weighted by Crippen LogP contribution is -2.55. The molecule has 3 amide bonds. The van der Waals surface area contributed by atoms with E-state index in [4.69, 9.17) is 15.9 Å². The van der Waals surface area contributed by atoms with E-state index in [9.17, 15) is 24.0 Å². The van der Waals surface area contributed by atoms with Crippen molar-refractivity contribution in [3.63, 3.8) is 0 Å². The minimum Gasteiger partial charge on any atom is -0.481 e. The van der Waals surface area contributed by atoms with Gasteiger partial charge in [-0.1, -0.05) is 20.3 Å². The molecule has 0 saturated heterocycles. The predicted octanol–water partition coefficient (Wildman–Crippen LogP) is -1.98. The van der Waals surface area contributed by atoms with E-state index < -0.39 is 60.8 Å².